The first-order valence-corrected chi connectivity index (χ1v) is 12.6. The zero-order valence-corrected chi connectivity index (χ0v) is 21.8. The van der Waals surface area contributed by atoms with Crippen molar-refractivity contribution in [1.29, 1.82) is 0 Å². The van der Waals surface area contributed by atoms with Crippen LogP contribution < -0.4 is 0 Å². The van der Waals surface area contributed by atoms with Crippen molar-refractivity contribution in [3.05, 3.63) is 11.6 Å². The maximum absolute atomic E-state index is 12.8. The fourth-order valence-corrected chi connectivity index (χ4v) is 6.24. The maximum Gasteiger partial charge on any atom is 0.341 e. The van der Waals surface area contributed by atoms with Gasteiger partial charge >= 0.3 is 17.9 Å². The molecule has 1 aliphatic heterocycles. The second kappa shape index (κ2) is 9.82. The standard InChI is InChI=1S/C26H40O9/c1-8-11-19(27)34-18-13-24(6,32-10-3)16-12-17(33-22(28)14(4)9-2)15(5)20(16)21-26(18,31)25(7,30)23(29)35-21/h9,15-18,20-21,30-31H,8,10-13H2,1-7H3/b14-9-/t15-,16-,17+,18-,20+,21-,24-,25+,26+/m0/s1. The summed E-state index contributed by atoms with van der Waals surface area (Å²) in [6, 6.07) is 0. The van der Waals surface area contributed by atoms with Crippen LogP contribution in [-0.4, -0.2) is 69.8 Å². The summed E-state index contributed by atoms with van der Waals surface area (Å²) in [7, 11) is 0. The number of allylic oxidation sites excluding steroid dienone is 1. The van der Waals surface area contributed by atoms with E-state index in [0.29, 0.717) is 25.0 Å². The van der Waals surface area contributed by atoms with Crippen molar-refractivity contribution in [1.82, 2.24) is 0 Å². The Morgan fingerprint density at radius 2 is 1.86 bits per heavy atom. The number of fused-ring (bicyclic) bond motifs is 3. The Hall–Kier alpha value is -1.97. The number of hydrogen-bond acceptors (Lipinski definition) is 9. The Kier molecular flexibility index (Phi) is 7.75. The molecule has 2 N–H and O–H groups in total. The third-order valence-electron chi connectivity index (χ3n) is 8.42. The van der Waals surface area contributed by atoms with Crippen LogP contribution in [0.15, 0.2) is 11.6 Å². The average Bonchev–Trinajstić information content (AvgIpc) is 3.17. The van der Waals surface area contributed by atoms with Crippen molar-refractivity contribution in [2.75, 3.05) is 6.61 Å². The fourth-order valence-electron chi connectivity index (χ4n) is 6.24. The van der Waals surface area contributed by atoms with Gasteiger partial charge in [0.25, 0.3) is 0 Å². The molecule has 2 saturated carbocycles. The third kappa shape index (κ3) is 4.40. The Morgan fingerprint density at radius 1 is 1.20 bits per heavy atom. The maximum atomic E-state index is 12.8. The van der Waals surface area contributed by atoms with Gasteiger partial charge < -0.3 is 29.2 Å². The molecule has 0 radical (unpaired) electrons. The SMILES string of the molecule is C/C=C(/C)C(=O)O[C@@H]1C[C@H]2[C@@H]([C@H]1C)[C@@H]1OC(=O)[C@@](C)(O)[C@@]1(O)[C@@H](OC(=O)CCC)C[C@]2(C)OCC. The van der Waals surface area contributed by atoms with Crippen LogP contribution in [0.1, 0.15) is 74.1 Å². The van der Waals surface area contributed by atoms with Crippen molar-refractivity contribution in [3.63, 3.8) is 0 Å². The van der Waals surface area contributed by atoms with E-state index in [9.17, 15) is 24.6 Å². The summed E-state index contributed by atoms with van der Waals surface area (Å²) in [4.78, 5) is 37.9. The van der Waals surface area contributed by atoms with E-state index in [0.717, 1.165) is 0 Å². The van der Waals surface area contributed by atoms with Gasteiger partial charge in [0, 0.05) is 30.9 Å². The Balaban J connectivity index is 2.10. The van der Waals surface area contributed by atoms with E-state index in [1.165, 1.54) is 6.92 Å². The van der Waals surface area contributed by atoms with Gasteiger partial charge in [-0.05, 0) is 59.3 Å². The average molecular weight is 497 g/mol. The molecular weight excluding hydrogens is 456 g/mol. The molecular formula is C26H40O9. The van der Waals surface area contributed by atoms with Gasteiger partial charge in [-0.15, -0.1) is 0 Å². The molecule has 9 heteroatoms. The summed E-state index contributed by atoms with van der Waals surface area (Å²) in [5.41, 5.74) is -4.96. The van der Waals surface area contributed by atoms with E-state index in [1.807, 2.05) is 27.7 Å². The monoisotopic (exact) mass is 496 g/mol. The van der Waals surface area contributed by atoms with Gasteiger partial charge in [-0.25, -0.2) is 9.59 Å². The molecule has 3 fully saturated rings. The van der Waals surface area contributed by atoms with Crippen molar-refractivity contribution in [2.45, 2.75) is 109 Å². The predicted molar refractivity (Wildman–Crippen MR) is 125 cm³/mol. The van der Waals surface area contributed by atoms with E-state index < -0.39 is 58.9 Å². The first-order chi connectivity index (χ1) is 16.3. The predicted octanol–water partition coefficient (Wildman–Crippen LogP) is 2.45. The largest absolute Gasteiger partial charge is 0.459 e. The van der Waals surface area contributed by atoms with Gasteiger partial charge in [-0.1, -0.05) is 19.9 Å². The Bertz CT molecular complexity index is 880. The summed E-state index contributed by atoms with van der Waals surface area (Å²) in [6.07, 6.45) is -0.139. The molecule has 198 valence electrons. The summed E-state index contributed by atoms with van der Waals surface area (Å²) >= 11 is 0. The molecule has 3 rings (SSSR count). The number of rotatable bonds is 7. The Labute approximate surface area is 207 Å². The van der Waals surface area contributed by atoms with E-state index in [1.54, 1.807) is 19.9 Å². The Morgan fingerprint density at radius 3 is 2.43 bits per heavy atom. The van der Waals surface area contributed by atoms with Crippen LogP contribution in [-0.2, 0) is 33.3 Å². The molecule has 3 aliphatic rings. The first kappa shape index (κ1) is 27.6. The van der Waals surface area contributed by atoms with Gasteiger partial charge in [-0.3, -0.25) is 4.79 Å². The highest BCUT2D eigenvalue weighted by Crippen LogP contribution is 2.58. The zero-order valence-electron chi connectivity index (χ0n) is 21.8. The molecule has 1 heterocycles. The van der Waals surface area contributed by atoms with Gasteiger partial charge in [0.15, 0.2) is 11.2 Å². The van der Waals surface area contributed by atoms with E-state index in [4.69, 9.17) is 18.9 Å². The minimum atomic E-state index is -2.31. The van der Waals surface area contributed by atoms with Crippen LogP contribution in [0.2, 0.25) is 0 Å². The lowest BCUT2D eigenvalue weighted by Crippen LogP contribution is -2.65. The lowest BCUT2D eigenvalue weighted by Gasteiger charge is -2.41. The summed E-state index contributed by atoms with van der Waals surface area (Å²) in [5.74, 6) is -3.11. The van der Waals surface area contributed by atoms with Crippen LogP contribution >= 0.6 is 0 Å². The van der Waals surface area contributed by atoms with Crippen LogP contribution in [0.25, 0.3) is 0 Å². The summed E-state index contributed by atoms with van der Waals surface area (Å²) in [5, 5.41) is 23.3. The topological polar surface area (TPSA) is 129 Å². The molecule has 0 amide bonds. The highest BCUT2D eigenvalue weighted by molar-refractivity contribution is 5.87. The van der Waals surface area contributed by atoms with Crippen LogP contribution in [0.3, 0.4) is 0 Å². The highest BCUT2D eigenvalue weighted by Gasteiger charge is 2.76. The van der Waals surface area contributed by atoms with Crippen LogP contribution in [0.4, 0.5) is 0 Å². The highest BCUT2D eigenvalue weighted by atomic mass is 16.6. The van der Waals surface area contributed by atoms with Crippen LogP contribution in [0.5, 0.6) is 0 Å². The van der Waals surface area contributed by atoms with Crippen LogP contribution in [0, 0.1) is 17.8 Å². The molecule has 1 saturated heterocycles. The third-order valence-corrected chi connectivity index (χ3v) is 8.42. The van der Waals surface area contributed by atoms with E-state index in [2.05, 4.69) is 0 Å². The minimum Gasteiger partial charge on any atom is -0.459 e. The molecule has 9 atom stereocenters. The van der Waals surface area contributed by atoms with E-state index >= 15 is 0 Å². The lowest BCUT2D eigenvalue weighted by atomic mass is 9.72. The number of ether oxygens (including phenoxy) is 4. The number of hydrogen-bond donors (Lipinski definition) is 2. The lowest BCUT2D eigenvalue weighted by molar-refractivity contribution is -0.214. The zero-order chi connectivity index (χ0) is 26.3. The smallest absolute Gasteiger partial charge is 0.341 e. The molecule has 0 spiro atoms. The summed E-state index contributed by atoms with van der Waals surface area (Å²) in [6.45, 7) is 12.4. The molecule has 0 aromatic carbocycles. The second-order valence-corrected chi connectivity index (χ2v) is 10.6. The molecule has 9 nitrogen and oxygen atoms in total. The second-order valence-electron chi connectivity index (χ2n) is 10.6. The molecule has 0 unspecified atom stereocenters. The minimum absolute atomic E-state index is 0.0402. The molecule has 0 aromatic heterocycles. The van der Waals surface area contributed by atoms with Gasteiger partial charge in [-0.2, -0.15) is 0 Å². The van der Waals surface area contributed by atoms with Crippen molar-refractivity contribution in [3.8, 4) is 0 Å². The number of carbonyl (C=O) groups excluding carboxylic acids is 3. The number of aliphatic hydroxyl groups is 2. The molecule has 0 bridgehead atoms. The first-order valence-electron chi connectivity index (χ1n) is 12.6. The van der Waals surface area contributed by atoms with E-state index in [-0.39, 0.29) is 24.7 Å². The van der Waals surface area contributed by atoms with Gasteiger partial charge in [0.2, 0.25) is 0 Å². The quantitative estimate of drug-likeness (QED) is 0.310. The van der Waals surface area contributed by atoms with Gasteiger partial charge in [0.05, 0.1) is 5.60 Å². The summed E-state index contributed by atoms with van der Waals surface area (Å²) < 4.78 is 23.5. The number of carbonyl (C=O) groups is 3. The van der Waals surface area contributed by atoms with Crippen molar-refractivity contribution in [2.24, 2.45) is 17.8 Å². The molecule has 0 aromatic rings. The normalized spacial score (nSPS) is 43.1. The number of esters is 3. The molecule has 2 aliphatic carbocycles. The van der Waals surface area contributed by atoms with Crippen molar-refractivity contribution < 1.29 is 43.5 Å². The fraction of sp³-hybridized carbons (Fsp3) is 0.808. The van der Waals surface area contributed by atoms with Crippen molar-refractivity contribution >= 4 is 17.9 Å². The molecule has 35 heavy (non-hydrogen) atoms. The van der Waals surface area contributed by atoms with Gasteiger partial charge in [0.1, 0.15) is 18.3 Å².